The predicted octanol–water partition coefficient (Wildman–Crippen LogP) is 1.46. The Kier molecular flexibility index (Phi) is 5.68. The molecule has 0 saturated heterocycles. The van der Waals surface area contributed by atoms with E-state index in [-0.39, 0.29) is 35.9 Å². The number of carbonyl (C=O) groups is 2. The van der Waals surface area contributed by atoms with Gasteiger partial charge in [-0.15, -0.1) is 0 Å². The van der Waals surface area contributed by atoms with Crippen LogP contribution in [0, 0.1) is 23.7 Å². The first-order valence-corrected chi connectivity index (χ1v) is 12.3. The monoisotopic (exact) mass is 412 g/mol. The minimum Gasteiger partial charge on any atom is -0.326 e. The van der Waals surface area contributed by atoms with Crippen molar-refractivity contribution in [2.45, 2.75) is 87.6 Å². The fourth-order valence-electron chi connectivity index (χ4n) is 6.39. The van der Waals surface area contributed by atoms with Crippen LogP contribution in [0.25, 0.3) is 0 Å². The summed E-state index contributed by atoms with van der Waals surface area (Å²) in [6.45, 7) is 0. The standard InChI is InChI=1S/C20H32N2O5S/c21-18-15(28(25,26)27)10-14(22-11-6-2-1-3-7-11)16-17(18)20(24)13-9-5-4-8-12(13)19(16)23/h11-18,22H,1-10,21H2,(H,25,26,27). The van der Waals surface area contributed by atoms with E-state index in [2.05, 4.69) is 5.32 Å². The molecule has 7 nitrogen and oxygen atoms in total. The fourth-order valence-corrected chi connectivity index (χ4v) is 7.40. The van der Waals surface area contributed by atoms with Crippen molar-refractivity contribution in [2.24, 2.45) is 29.4 Å². The third-order valence-corrected chi connectivity index (χ3v) is 9.01. The molecule has 4 aliphatic rings. The molecule has 4 rings (SSSR count). The summed E-state index contributed by atoms with van der Waals surface area (Å²) in [6, 6.07) is -1.22. The minimum atomic E-state index is -4.40. The lowest BCUT2D eigenvalue weighted by Gasteiger charge is -2.51. The summed E-state index contributed by atoms with van der Waals surface area (Å²) in [4.78, 5) is 26.8. The van der Waals surface area contributed by atoms with Gasteiger partial charge in [-0.1, -0.05) is 32.1 Å². The van der Waals surface area contributed by atoms with E-state index in [1.54, 1.807) is 0 Å². The molecule has 4 N–H and O–H groups in total. The first-order valence-electron chi connectivity index (χ1n) is 10.8. The molecule has 158 valence electrons. The van der Waals surface area contributed by atoms with E-state index in [4.69, 9.17) is 5.73 Å². The zero-order valence-corrected chi connectivity index (χ0v) is 17.1. The lowest BCUT2D eigenvalue weighted by atomic mass is 9.56. The van der Waals surface area contributed by atoms with Crippen molar-refractivity contribution in [3.05, 3.63) is 0 Å². The highest BCUT2D eigenvalue weighted by Crippen LogP contribution is 2.47. The molecule has 0 aromatic carbocycles. The first kappa shape index (κ1) is 20.4. The quantitative estimate of drug-likeness (QED) is 0.599. The third kappa shape index (κ3) is 3.57. The summed E-state index contributed by atoms with van der Waals surface area (Å²) in [5.41, 5.74) is 6.25. The van der Waals surface area contributed by atoms with Crippen LogP contribution in [0.1, 0.15) is 64.2 Å². The van der Waals surface area contributed by atoms with E-state index < -0.39 is 39.3 Å². The van der Waals surface area contributed by atoms with Gasteiger partial charge in [-0.2, -0.15) is 8.42 Å². The van der Waals surface area contributed by atoms with Gasteiger partial charge in [0.25, 0.3) is 10.1 Å². The summed E-state index contributed by atoms with van der Waals surface area (Å²) in [5, 5.41) is 2.32. The molecule has 7 unspecified atom stereocenters. The van der Waals surface area contributed by atoms with E-state index in [9.17, 15) is 22.6 Å². The number of hydrogen-bond donors (Lipinski definition) is 3. The van der Waals surface area contributed by atoms with Gasteiger partial charge >= 0.3 is 0 Å². The largest absolute Gasteiger partial charge is 0.326 e. The first-order chi connectivity index (χ1) is 13.3. The maximum absolute atomic E-state index is 13.4. The predicted molar refractivity (Wildman–Crippen MR) is 104 cm³/mol. The number of Topliss-reactive ketones (excluding diaryl/α,β-unsaturated/α-hetero) is 2. The van der Waals surface area contributed by atoms with E-state index in [0.29, 0.717) is 6.42 Å². The molecule has 0 bridgehead atoms. The summed E-state index contributed by atoms with van der Waals surface area (Å²) in [5.74, 6) is -1.91. The summed E-state index contributed by atoms with van der Waals surface area (Å²) in [7, 11) is -4.40. The molecule has 7 atom stereocenters. The number of nitrogens with one attached hydrogen (secondary N) is 1. The van der Waals surface area contributed by atoms with Crippen LogP contribution in [0.15, 0.2) is 0 Å². The Balaban J connectivity index is 1.68. The number of nitrogens with two attached hydrogens (primary N) is 1. The van der Waals surface area contributed by atoms with Crippen LogP contribution in [0.3, 0.4) is 0 Å². The molecular formula is C20H32N2O5S. The molecule has 4 saturated carbocycles. The van der Waals surface area contributed by atoms with E-state index >= 15 is 0 Å². The lowest BCUT2D eigenvalue weighted by Crippen LogP contribution is -2.68. The van der Waals surface area contributed by atoms with Gasteiger partial charge in [-0.25, -0.2) is 0 Å². The van der Waals surface area contributed by atoms with Crippen LogP contribution in [-0.2, 0) is 19.7 Å². The highest BCUT2D eigenvalue weighted by Gasteiger charge is 2.59. The number of rotatable bonds is 3. The van der Waals surface area contributed by atoms with Gasteiger partial charge in [-0.3, -0.25) is 14.1 Å². The van der Waals surface area contributed by atoms with Gasteiger partial charge < -0.3 is 11.1 Å². The molecule has 0 amide bonds. The van der Waals surface area contributed by atoms with E-state index in [1.165, 1.54) is 6.42 Å². The van der Waals surface area contributed by atoms with Crippen molar-refractivity contribution in [3.63, 3.8) is 0 Å². The highest BCUT2D eigenvalue weighted by molar-refractivity contribution is 7.86. The average Bonchev–Trinajstić information content (AvgIpc) is 2.67. The second-order valence-electron chi connectivity index (χ2n) is 9.33. The number of carbonyl (C=O) groups excluding carboxylic acids is 2. The highest BCUT2D eigenvalue weighted by atomic mass is 32.2. The van der Waals surface area contributed by atoms with Gasteiger partial charge in [0.05, 0.1) is 0 Å². The van der Waals surface area contributed by atoms with Crippen molar-refractivity contribution in [3.8, 4) is 0 Å². The Morgan fingerprint density at radius 3 is 1.96 bits per heavy atom. The smallest absolute Gasteiger partial charge is 0.269 e. The normalized spacial score (nSPS) is 42.7. The number of hydrogen-bond acceptors (Lipinski definition) is 6. The zero-order valence-electron chi connectivity index (χ0n) is 16.3. The molecule has 28 heavy (non-hydrogen) atoms. The Bertz CT molecular complexity index is 733. The summed E-state index contributed by atoms with van der Waals surface area (Å²) >= 11 is 0. The Morgan fingerprint density at radius 2 is 1.39 bits per heavy atom. The molecule has 0 heterocycles. The SMILES string of the molecule is NC1C2C(=O)C3CCCCC3C(=O)C2C(NC2CCCCC2)CC1S(=O)(=O)O. The molecule has 0 radical (unpaired) electrons. The number of fused-ring (bicyclic) bond motifs is 2. The molecule has 0 aliphatic heterocycles. The van der Waals surface area contributed by atoms with E-state index in [0.717, 1.165) is 44.9 Å². The van der Waals surface area contributed by atoms with Crippen molar-refractivity contribution in [1.29, 1.82) is 0 Å². The number of ketones is 2. The van der Waals surface area contributed by atoms with E-state index in [1.807, 2.05) is 0 Å². The van der Waals surface area contributed by atoms with Crippen molar-refractivity contribution < 1.29 is 22.6 Å². The molecular weight excluding hydrogens is 380 g/mol. The third-order valence-electron chi connectivity index (χ3n) is 7.74. The maximum atomic E-state index is 13.4. The average molecular weight is 413 g/mol. The van der Waals surface area contributed by atoms with Gasteiger partial charge in [-0.05, 0) is 32.1 Å². The maximum Gasteiger partial charge on any atom is 0.269 e. The van der Waals surface area contributed by atoms with Crippen LogP contribution in [0.4, 0.5) is 0 Å². The molecule has 8 heteroatoms. The van der Waals surface area contributed by atoms with Crippen molar-refractivity contribution >= 4 is 21.7 Å². The molecule has 0 aromatic rings. The molecule has 0 spiro atoms. The van der Waals surface area contributed by atoms with Crippen LogP contribution >= 0.6 is 0 Å². The second-order valence-corrected chi connectivity index (χ2v) is 11.0. The Morgan fingerprint density at radius 1 is 0.857 bits per heavy atom. The molecule has 4 fully saturated rings. The van der Waals surface area contributed by atoms with Crippen molar-refractivity contribution in [1.82, 2.24) is 5.32 Å². The Hall–Kier alpha value is -0.830. The molecule has 4 aliphatic carbocycles. The van der Waals surface area contributed by atoms with Gasteiger partial charge in [0.2, 0.25) is 0 Å². The van der Waals surface area contributed by atoms with Gasteiger partial charge in [0.1, 0.15) is 16.8 Å². The topological polar surface area (TPSA) is 127 Å². The van der Waals surface area contributed by atoms with Gasteiger partial charge in [0, 0.05) is 41.8 Å². The molecule has 0 aromatic heterocycles. The summed E-state index contributed by atoms with van der Waals surface area (Å²) in [6.07, 6.45) is 8.77. The lowest BCUT2D eigenvalue weighted by molar-refractivity contribution is -0.153. The summed E-state index contributed by atoms with van der Waals surface area (Å²) < 4.78 is 33.8. The minimum absolute atomic E-state index is 0.0504. The Labute approximate surface area is 166 Å². The van der Waals surface area contributed by atoms with Gasteiger partial charge in [0.15, 0.2) is 0 Å². The van der Waals surface area contributed by atoms with Crippen LogP contribution in [0.5, 0.6) is 0 Å². The zero-order chi connectivity index (χ0) is 20.1. The second kappa shape index (κ2) is 7.78. The fraction of sp³-hybridized carbons (Fsp3) is 0.900. The van der Waals surface area contributed by atoms with Crippen LogP contribution in [0.2, 0.25) is 0 Å². The van der Waals surface area contributed by atoms with Crippen molar-refractivity contribution in [2.75, 3.05) is 0 Å². The van der Waals surface area contributed by atoms with Crippen LogP contribution in [-0.4, -0.2) is 47.9 Å². The van der Waals surface area contributed by atoms with Crippen LogP contribution < -0.4 is 11.1 Å².